The zero-order chi connectivity index (χ0) is 16.2. The van der Waals surface area contributed by atoms with Crippen LogP contribution in [0.15, 0.2) is 53.4 Å². The Morgan fingerprint density at radius 3 is 2.36 bits per heavy atom. The predicted molar refractivity (Wildman–Crippen MR) is 84.7 cm³/mol. The number of nitrogens with one attached hydrogen (secondary N) is 1. The average molecular weight is 340 g/mol. The minimum Gasteiger partial charge on any atom is -0.462 e. The monoisotopic (exact) mass is 339 g/mol. The molecule has 0 radical (unpaired) electrons. The summed E-state index contributed by atoms with van der Waals surface area (Å²) < 4.78 is 31.8. The number of halogens is 1. The van der Waals surface area contributed by atoms with Crippen LogP contribution in [-0.2, 0) is 14.8 Å². The van der Waals surface area contributed by atoms with Crippen LogP contribution in [0, 0.1) is 0 Å². The van der Waals surface area contributed by atoms with Gasteiger partial charge in [-0.25, -0.2) is 13.2 Å². The largest absolute Gasteiger partial charge is 0.462 e. The lowest BCUT2D eigenvalue weighted by Gasteiger charge is -2.10. The number of anilines is 1. The highest BCUT2D eigenvalue weighted by atomic mass is 35.5. The Morgan fingerprint density at radius 1 is 1.14 bits per heavy atom. The highest BCUT2D eigenvalue weighted by Crippen LogP contribution is 2.24. The molecule has 1 N–H and O–H groups in total. The molecule has 0 saturated heterocycles. The minimum absolute atomic E-state index is 0.0282. The highest BCUT2D eigenvalue weighted by molar-refractivity contribution is 7.92. The van der Waals surface area contributed by atoms with Gasteiger partial charge in [0.25, 0.3) is 10.0 Å². The number of carbonyl (C=O) groups is 1. The van der Waals surface area contributed by atoms with Gasteiger partial charge in [-0.05, 0) is 43.3 Å². The van der Waals surface area contributed by atoms with Gasteiger partial charge in [0.15, 0.2) is 0 Å². The van der Waals surface area contributed by atoms with Crippen LogP contribution in [0.3, 0.4) is 0 Å². The van der Waals surface area contributed by atoms with Crippen molar-refractivity contribution in [1.82, 2.24) is 0 Å². The molecule has 0 atom stereocenters. The number of hydrogen-bond donors (Lipinski definition) is 1. The van der Waals surface area contributed by atoms with E-state index in [1.54, 1.807) is 31.2 Å². The number of carbonyl (C=O) groups excluding carboxylic acids is 1. The molecule has 0 aliphatic heterocycles. The molecule has 0 heterocycles. The summed E-state index contributed by atoms with van der Waals surface area (Å²) in [6.07, 6.45) is 0. The van der Waals surface area contributed by atoms with E-state index in [4.69, 9.17) is 16.3 Å². The minimum atomic E-state index is -3.78. The van der Waals surface area contributed by atoms with Gasteiger partial charge in [-0.3, -0.25) is 4.72 Å². The van der Waals surface area contributed by atoms with Crippen LogP contribution in [0.25, 0.3) is 0 Å². The van der Waals surface area contributed by atoms with Gasteiger partial charge in [0, 0.05) is 0 Å². The molecule has 2 aromatic carbocycles. The number of para-hydroxylation sites is 1. The van der Waals surface area contributed by atoms with Crippen molar-refractivity contribution in [2.45, 2.75) is 11.8 Å². The van der Waals surface area contributed by atoms with E-state index in [2.05, 4.69) is 4.72 Å². The van der Waals surface area contributed by atoms with Crippen molar-refractivity contribution in [2.75, 3.05) is 11.3 Å². The van der Waals surface area contributed by atoms with E-state index < -0.39 is 16.0 Å². The van der Waals surface area contributed by atoms with Crippen molar-refractivity contribution in [3.8, 4) is 0 Å². The van der Waals surface area contributed by atoms with Crippen molar-refractivity contribution < 1.29 is 17.9 Å². The van der Waals surface area contributed by atoms with Crippen molar-refractivity contribution in [3.05, 3.63) is 59.1 Å². The van der Waals surface area contributed by atoms with Gasteiger partial charge < -0.3 is 4.74 Å². The van der Waals surface area contributed by atoms with Crippen molar-refractivity contribution in [2.24, 2.45) is 0 Å². The van der Waals surface area contributed by atoms with Crippen LogP contribution in [0.4, 0.5) is 5.69 Å². The summed E-state index contributed by atoms with van der Waals surface area (Å²) in [5, 5.41) is 0.300. The van der Waals surface area contributed by atoms with Gasteiger partial charge in [-0.15, -0.1) is 0 Å². The smallest absolute Gasteiger partial charge is 0.338 e. The van der Waals surface area contributed by atoms with Crippen LogP contribution < -0.4 is 4.72 Å². The van der Waals surface area contributed by atoms with E-state index in [9.17, 15) is 13.2 Å². The summed E-state index contributed by atoms with van der Waals surface area (Å²) >= 11 is 5.93. The molecule has 2 aromatic rings. The summed E-state index contributed by atoms with van der Waals surface area (Å²) in [6, 6.07) is 12.0. The Labute approximate surface area is 133 Å². The predicted octanol–water partition coefficient (Wildman–Crippen LogP) is 3.32. The van der Waals surface area contributed by atoms with Crippen LogP contribution in [0.2, 0.25) is 5.02 Å². The molecular formula is C15H14ClNO4S. The Bertz CT molecular complexity index is 772. The molecule has 0 fully saturated rings. The van der Waals surface area contributed by atoms with Crippen LogP contribution in [-0.4, -0.2) is 21.0 Å². The molecule has 5 nitrogen and oxygen atoms in total. The number of ether oxygens (including phenoxy) is 1. The van der Waals surface area contributed by atoms with Crippen LogP contribution in [0.1, 0.15) is 17.3 Å². The SMILES string of the molecule is CCOC(=O)c1ccc(S(=O)(=O)Nc2ccccc2Cl)cc1. The Kier molecular flexibility index (Phi) is 5.05. The first kappa shape index (κ1) is 16.3. The molecule has 0 bridgehead atoms. The first-order valence-corrected chi connectivity index (χ1v) is 8.34. The third-order valence-corrected chi connectivity index (χ3v) is 4.50. The first-order chi connectivity index (χ1) is 10.4. The van der Waals surface area contributed by atoms with Crippen molar-refractivity contribution >= 4 is 33.3 Å². The fourth-order valence-corrected chi connectivity index (χ4v) is 3.05. The maximum absolute atomic E-state index is 12.3. The summed E-state index contributed by atoms with van der Waals surface area (Å²) in [6.45, 7) is 1.96. The lowest BCUT2D eigenvalue weighted by molar-refractivity contribution is 0.0526. The number of hydrogen-bond acceptors (Lipinski definition) is 4. The summed E-state index contributed by atoms with van der Waals surface area (Å²) in [7, 11) is -3.78. The number of benzene rings is 2. The van der Waals surface area contributed by atoms with E-state index in [0.717, 1.165) is 0 Å². The summed E-state index contributed by atoms with van der Waals surface area (Å²) in [4.78, 5) is 11.6. The standard InChI is InChI=1S/C15H14ClNO4S/c1-2-21-15(18)11-7-9-12(10-8-11)22(19,20)17-14-6-4-3-5-13(14)16/h3-10,17H,2H2,1H3. The number of esters is 1. The fraction of sp³-hybridized carbons (Fsp3) is 0.133. The highest BCUT2D eigenvalue weighted by Gasteiger charge is 2.16. The van der Waals surface area contributed by atoms with Gasteiger partial charge in [0.2, 0.25) is 0 Å². The lowest BCUT2D eigenvalue weighted by atomic mass is 10.2. The second-order valence-corrected chi connectivity index (χ2v) is 6.42. The average Bonchev–Trinajstić information content (AvgIpc) is 2.50. The third-order valence-electron chi connectivity index (χ3n) is 2.79. The summed E-state index contributed by atoms with van der Waals surface area (Å²) in [5.74, 6) is -0.495. The molecule has 0 unspecified atom stereocenters. The molecule has 2 rings (SSSR count). The Balaban J connectivity index is 2.23. The Hall–Kier alpha value is -2.05. The van der Waals surface area contributed by atoms with Crippen molar-refractivity contribution in [3.63, 3.8) is 0 Å². The maximum atomic E-state index is 12.3. The second kappa shape index (κ2) is 6.81. The van der Waals surface area contributed by atoms with Gasteiger partial charge in [0.1, 0.15) is 0 Å². The zero-order valence-corrected chi connectivity index (χ0v) is 13.3. The summed E-state index contributed by atoms with van der Waals surface area (Å²) in [5.41, 5.74) is 0.581. The van der Waals surface area contributed by atoms with Gasteiger partial charge >= 0.3 is 5.97 Å². The maximum Gasteiger partial charge on any atom is 0.338 e. The van der Waals surface area contributed by atoms with Crippen LogP contribution in [0.5, 0.6) is 0 Å². The molecule has 0 aromatic heterocycles. The molecule has 22 heavy (non-hydrogen) atoms. The van der Waals surface area contributed by atoms with Gasteiger partial charge in [0.05, 0.1) is 27.8 Å². The van der Waals surface area contributed by atoms with Gasteiger partial charge in [-0.1, -0.05) is 23.7 Å². The quantitative estimate of drug-likeness (QED) is 0.848. The van der Waals surface area contributed by atoms with E-state index in [0.29, 0.717) is 16.3 Å². The molecule has 7 heteroatoms. The van der Waals surface area contributed by atoms with E-state index in [1.165, 1.54) is 24.3 Å². The molecule has 0 spiro atoms. The zero-order valence-electron chi connectivity index (χ0n) is 11.7. The van der Waals surface area contributed by atoms with Gasteiger partial charge in [-0.2, -0.15) is 0 Å². The second-order valence-electron chi connectivity index (χ2n) is 4.33. The molecular weight excluding hydrogens is 326 g/mol. The topological polar surface area (TPSA) is 72.5 Å². The molecule has 0 saturated carbocycles. The van der Waals surface area contributed by atoms with E-state index >= 15 is 0 Å². The third kappa shape index (κ3) is 3.78. The molecule has 0 aliphatic rings. The molecule has 0 aliphatic carbocycles. The number of rotatable bonds is 5. The number of sulfonamides is 1. The Morgan fingerprint density at radius 2 is 1.77 bits per heavy atom. The lowest BCUT2D eigenvalue weighted by Crippen LogP contribution is -2.13. The van der Waals surface area contributed by atoms with E-state index in [-0.39, 0.29) is 11.5 Å². The first-order valence-electron chi connectivity index (χ1n) is 6.48. The van der Waals surface area contributed by atoms with Crippen LogP contribution >= 0.6 is 11.6 Å². The van der Waals surface area contributed by atoms with Crippen molar-refractivity contribution in [1.29, 1.82) is 0 Å². The van der Waals surface area contributed by atoms with E-state index in [1.807, 2.05) is 0 Å². The normalized spacial score (nSPS) is 11.0. The fourth-order valence-electron chi connectivity index (χ4n) is 1.73. The molecule has 116 valence electrons. The molecule has 0 amide bonds.